The zero-order valence-electron chi connectivity index (χ0n) is 5.36. The summed E-state index contributed by atoms with van der Waals surface area (Å²) in [5.74, 6) is 0.949. The molecule has 1 unspecified atom stereocenters. The van der Waals surface area contributed by atoms with Gasteiger partial charge in [-0.05, 0) is 12.2 Å². The lowest BCUT2D eigenvalue weighted by Crippen LogP contribution is -2.19. The van der Waals surface area contributed by atoms with Crippen LogP contribution in [0.5, 0.6) is 0 Å². The minimum absolute atomic E-state index is 0.144. The van der Waals surface area contributed by atoms with E-state index in [1.807, 2.05) is 6.08 Å². The summed E-state index contributed by atoms with van der Waals surface area (Å²) in [6.07, 6.45) is 7.16. The summed E-state index contributed by atoms with van der Waals surface area (Å²) in [5.41, 5.74) is 6.48. The maximum absolute atomic E-state index is 5.66. The number of fused-ring (bicyclic) bond motifs is 1. The van der Waals surface area contributed by atoms with Crippen LogP contribution in [0.3, 0.4) is 0 Å². The van der Waals surface area contributed by atoms with E-state index in [1.165, 1.54) is 0 Å². The van der Waals surface area contributed by atoms with Crippen molar-refractivity contribution in [3.63, 3.8) is 0 Å². The molecule has 3 nitrogen and oxygen atoms in total. The smallest absolute Gasteiger partial charge is 0.140 e. The molecule has 0 fully saturated rings. The molecule has 0 saturated heterocycles. The highest BCUT2D eigenvalue weighted by Gasteiger charge is 2.19. The maximum Gasteiger partial charge on any atom is 0.140 e. The number of aliphatic imine (C=N–C) groups is 2. The number of hydrogen-bond acceptors (Lipinski definition) is 3. The third-order valence-corrected chi connectivity index (χ3v) is 1.60. The van der Waals surface area contributed by atoms with Crippen LogP contribution >= 0.6 is 0 Å². The first kappa shape index (κ1) is 5.41. The number of nitrogens with two attached hydrogens (primary N) is 1. The van der Waals surface area contributed by atoms with E-state index < -0.39 is 0 Å². The molecule has 0 aromatic carbocycles. The number of allylic oxidation sites excluding steroid dienone is 1. The molecule has 0 bridgehead atoms. The molecule has 2 heterocycles. The van der Waals surface area contributed by atoms with E-state index in [1.54, 1.807) is 18.5 Å². The van der Waals surface area contributed by atoms with Crippen LogP contribution in [-0.4, -0.2) is 12.1 Å². The van der Waals surface area contributed by atoms with Crippen LogP contribution in [0.1, 0.15) is 0 Å². The lowest BCUT2D eigenvalue weighted by atomic mass is 10.0. The van der Waals surface area contributed by atoms with Gasteiger partial charge in [-0.2, -0.15) is 0 Å². The van der Waals surface area contributed by atoms with E-state index in [0.29, 0.717) is 0 Å². The predicted molar refractivity (Wildman–Crippen MR) is 40.8 cm³/mol. The number of nitrogens with zero attached hydrogens (tertiary/aromatic N) is 2. The molecule has 0 amide bonds. The van der Waals surface area contributed by atoms with E-state index in [9.17, 15) is 0 Å². The Morgan fingerprint density at radius 3 is 3.20 bits per heavy atom. The summed E-state index contributed by atoms with van der Waals surface area (Å²) < 4.78 is 0. The predicted octanol–water partition coefficient (Wildman–Crippen LogP) is 0.455. The van der Waals surface area contributed by atoms with Gasteiger partial charge in [0.25, 0.3) is 0 Å². The van der Waals surface area contributed by atoms with E-state index in [2.05, 4.69) is 9.98 Å². The molecule has 0 radical (unpaired) electrons. The first-order valence-corrected chi connectivity index (χ1v) is 3.12. The molecule has 0 aliphatic carbocycles. The molecule has 3 heteroatoms. The van der Waals surface area contributed by atoms with Crippen LogP contribution in [0.2, 0.25) is 0 Å². The molecule has 2 aliphatic heterocycles. The molecular weight excluding hydrogens is 126 g/mol. The van der Waals surface area contributed by atoms with Crippen molar-refractivity contribution in [3.8, 4) is 0 Å². The fourth-order valence-electron chi connectivity index (χ4n) is 1.05. The summed E-state index contributed by atoms with van der Waals surface area (Å²) in [6.45, 7) is 0. The second kappa shape index (κ2) is 1.80. The Bertz CT molecular complexity index is 271. The van der Waals surface area contributed by atoms with Gasteiger partial charge in [0.15, 0.2) is 0 Å². The average Bonchev–Trinajstić information content (AvgIpc) is 2.36. The Labute approximate surface area is 58.7 Å². The molecule has 0 aromatic heterocycles. The topological polar surface area (TPSA) is 50.7 Å². The van der Waals surface area contributed by atoms with Gasteiger partial charge in [0.05, 0.1) is 5.92 Å². The Balaban J connectivity index is 2.43. The van der Waals surface area contributed by atoms with Crippen molar-refractivity contribution in [2.45, 2.75) is 0 Å². The number of hydrogen-bond donors (Lipinski definition) is 1. The minimum Gasteiger partial charge on any atom is -0.401 e. The third-order valence-electron chi connectivity index (χ3n) is 1.60. The van der Waals surface area contributed by atoms with Crippen LogP contribution < -0.4 is 5.73 Å². The summed E-state index contributed by atoms with van der Waals surface area (Å²) in [4.78, 5) is 8.07. The zero-order chi connectivity index (χ0) is 6.97. The van der Waals surface area contributed by atoms with Crippen molar-refractivity contribution in [1.29, 1.82) is 0 Å². The monoisotopic (exact) mass is 133 g/mol. The Morgan fingerprint density at radius 1 is 1.50 bits per heavy atom. The van der Waals surface area contributed by atoms with Crippen molar-refractivity contribution in [1.82, 2.24) is 0 Å². The largest absolute Gasteiger partial charge is 0.401 e. The van der Waals surface area contributed by atoms with Gasteiger partial charge in [-0.15, -0.1) is 0 Å². The molecule has 0 spiro atoms. The molecule has 2 N–H and O–H groups in total. The molecule has 50 valence electrons. The van der Waals surface area contributed by atoms with Crippen molar-refractivity contribution < 1.29 is 0 Å². The normalized spacial score (nSPS) is 27.8. The summed E-state index contributed by atoms with van der Waals surface area (Å²) in [7, 11) is 0. The minimum atomic E-state index is 0.144. The Hall–Kier alpha value is -1.38. The molecule has 2 aliphatic rings. The van der Waals surface area contributed by atoms with E-state index in [4.69, 9.17) is 5.73 Å². The van der Waals surface area contributed by atoms with E-state index in [-0.39, 0.29) is 5.92 Å². The van der Waals surface area contributed by atoms with Gasteiger partial charge < -0.3 is 5.73 Å². The SMILES string of the molecule is NC1=CC=NC2=NC=CC12. The van der Waals surface area contributed by atoms with Crippen molar-refractivity contribution >= 4 is 12.1 Å². The first-order valence-electron chi connectivity index (χ1n) is 3.12. The molecular formula is C7H7N3. The molecule has 0 saturated carbocycles. The molecule has 0 aromatic rings. The van der Waals surface area contributed by atoms with E-state index in [0.717, 1.165) is 11.5 Å². The van der Waals surface area contributed by atoms with E-state index >= 15 is 0 Å². The maximum atomic E-state index is 5.66. The summed E-state index contributed by atoms with van der Waals surface area (Å²) >= 11 is 0. The van der Waals surface area contributed by atoms with Gasteiger partial charge in [-0.1, -0.05) is 0 Å². The molecule has 10 heavy (non-hydrogen) atoms. The highest BCUT2D eigenvalue weighted by molar-refractivity contribution is 6.01. The lowest BCUT2D eigenvalue weighted by molar-refractivity contribution is 0.998. The first-order chi connectivity index (χ1) is 4.88. The van der Waals surface area contributed by atoms with Gasteiger partial charge >= 0.3 is 0 Å². The molecule has 2 rings (SSSR count). The number of dihydropyridines is 1. The number of rotatable bonds is 0. The quantitative estimate of drug-likeness (QED) is 0.512. The van der Waals surface area contributed by atoms with Crippen molar-refractivity contribution in [2.24, 2.45) is 21.6 Å². The van der Waals surface area contributed by atoms with Gasteiger partial charge in [-0.25, -0.2) is 9.98 Å². The highest BCUT2D eigenvalue weighted by Crippen LogP contribution is 2.18. The van der Waals surface area contributed by atoms with Crippen LogP contribution in [-0.2, 0) is 0 Å². The Kier molecular flexibility index (Phi) is 0.974. The van der Waals surface area contributed by atoms with Crippen molar-refractivity contribution in [2.75, 3.05) is 0 Å². The standard InChI is InChI=1S/C7H7N3/c8-6-2-4-10-7-5(6)1-3-9-7/h1-5H,8H2. The van der Waals surface area contributed by atoms with Crippen LogP contribution in [0.25, 0.3) is 0 Å². The highest BCUT2D eigenvalue weighted by atomic mass is 14.9. The van der Waals surface area contributed by atoms with Crippen LogP contribution in [0.4, 0.5) is 0 Å². The lowest BCUT2D eigenvalue weighted by Gasteiger charge is -2.10. The fraction of sp³-hybridized carbons (Fsp3) is 0.143. The average molecular weight is 133 g/mol. The van der Waals surface area contributed by atoms with Gasteiger partial charge in [0.2, 0.25) is 0 Å². The second-order valence-corrected chi connectivity index (χ2v) is 2.25. The fourth-order valence-corrected chi connectivity index (χ4v) is 1.05. The second-order valence-electron chi connectivity index (χ2n) is 2.25. The Morgan fingerprint density at radius 2 is 2.40 bits per heavy atom. The van der Waals surface area contributed by atoms with Crippen molar-refractivity contribution in [3.05, 3.63) is 24.0 Å². The van der Waals surface area contributed by atoms with Gasteiger partial charge in [0, 0.05) is 18.1 Å². The summed E-state index contributed by atoms with van der Waals surface area (Å²) in [6, 6.07) is 0. The van der Waals surface area contributed by atoms with Crippen LogP contribution in [0.15, 0.2) is 34.0 Å². The third kappa shape index (κ3) is 0.603. The van der Waals surface area contributed by atoms with Crippen LogP contribution in [0, 0.1) is 5.92 Å². The van der Waals surface area contributed by atoms with Gasteiger partial charge in [0.1, 0.15) is 5.84 Å². The molecule has 1 atom stereocenters. The zero-order valence-corrected chi connectivity index (χ0v) is 5.36. The number of amidine groups is 1. The summed E-state index contributed by atoms with van der Waals surface area (Å²) in [5, 5.41) is 0. The van der Waals surface area contributed by atoms with Gasteiger partial charge in [-0.3, -0.25) is 0 Å².